The number of fused-ring (bicyclic) bond motifs is 5. The summed E-state index contributed by atoms with van der Waals surface area (Å²) < 4.78 is 5.79. The Hall–Kier alpha value is -1.94. The summed E-state index contributed by atoms with van der Waals surface area (Å²) in [4.78, 5) is 37.2. The molecule has 30 heavy (non-hydrogen) atoms. The van der Waals surface area contributed by atoms with Crippen LogP contribution < -0.4 is 0 Å². The van der Waals surface area contributed by atoms with Crippen molar-refractivity contribution in [2.24, 2.45) is 28.6 Å². The lowest BCUT2D eigenvalue weighted by molar-refractivity contribution is -0.184. The Labute approximate surface area is 183 Å². The van der Waals surface area contributed by atoms with Crippen molar-refractivity contribution < 1.29 is 19.1 Å². The van der Waals surface area contributed by atoms with E-state index in [1.807, 2.05) is 0 Å². The number of Topliss-reactive ketones (excluding diaryl/α,β-unsaturated/α-hetero) is 1. The summed E-state index contributed by atoms with van der Waals surface area (Å²) in [6, 6.07) is 0. The highest BCUT2D eigenvalue weighted by atomic mass is 35.5. The number of allylic oxidation sites excluding steroid dienone is 6. The third-order valence-corrected chi connectivity index (χ3v) is 9.13. The van der Waals surface area contributed by atoms with Crippen LogP contribution in [-0.2, 0) is 19.1 Å². The van der Waals surface area contributed by atoms with Crippen LogP contribution in [0.5, 0.6) is 0 Å². The fraction of sp³-hybridized carbons (Fsp3) is 0.560. The largest absolute Gasteiger partial charge is 0.451 e. The van der Waals surface area contributed by atoms with Gasteiger partial charge >= 0.3 is 5.97 Å². The van der Waals surface area contributed by atoms with Crippen molar-refractivity contribution >= 4 is 29.1 Å². The number of carbonyl (C=O) groups excluding carboxylic acids is 3. The van der Waals surface area contributed by atoms with Crippen molar-refractivity contribution in [1.29, 1.82) is 0 Å². The minimum Gasteiger partial charge on any atom is -0.451 e. The molecule has 0 bridgehead atoms. The fourth-order valence-corrected chi connectivity index (χ4v) is 7.55. The Balaban J connectivity index is 1.84. The summed E-state index contributed by atoms with van der Waals surface area (Å²) in [6.45, 7) is 15.4. The van der Waals surface area contributed by atoms with Crippen LogP contribution in [0.25, 0.3) is 0 Å². The Morgan fingerprint density at radius 2 is 1.77 bits per heavy atom. The molecule has 0 heterocycles. The van der Waals surface area contributed by atoms with Crippen LogP contribution in [0.15, 0.2) is 47.1 Å². The predicted octanol–water partition coefficient (Wildman–Crippen LogP) is 5.08. The van der Waals surface area contributed by atoms with Gasteiger partial charge in [-0.25, -0.2) is 0 Å². The lowest BCUT2D eigenvalue weighted by atomic mass is 9.47. The molecule has 0 unspecified atom stereocenters. The lowest BCUT2D eigenvalue weighted by Gasteiger charge is -2.58. The third kappa shape index (κ3) is 2.43. The summed E-state index contributed by atoms with van der Waals surface area (Å²) in [5.74, 6) is -0.191. The van der Waals surface area contributed by atoms with Gasteiger partial charge in [0.05, 0.1) is 0 Å². The maximum atomic E-state index is 12.8. The van der Waals surface area contributed by atoms with Crippen LogP contribution in [0, 0.1) is 28.6 Å². The minimum absolute atomic E-state index is 0.0834. The number of hydrogen-bond donors (Lipinski definition) is 0. The van der Waals surface area contributed by atoms with E-state index < -0.39 is 22.4 Å². The first-order chi connectivity index (χ1) is 13.9. The zero-order valence-corrected chi connectivity index (χ0v) is 18.9. The van der Waals surface area contributed by atoms with E-state index >= 15 is 0 Å². The van der Waals surface area contributed by atoms with Crippen LogP contribution in [0.1, 0.15) is 53.4 Å². The molecule has 4 aliphatic rings. The average Bonchev–Trinajstić information content (AvgIpc) is 2.96. The Bertz CT molecular complexity index is 972. The quantitative estimate of drug-likeness (QED) is 0.454. The maximum Gasteiger partial charge on any atom is 0.303 e. The third-order valence-electron chi connectivity index (χ3n) is 8.80. The summed E-state index contributed by atoms with van der Waals surface area (Å²) in [7, 11) is 0. The zero-order valence-electron chi connectivity index (χ0n) is 18.1. The molecule has 2 saturated carbocycles. The summed E-state index contributed by atoms with van der Waals surface area (Å²) in [5.41, 5.74) is 0.00229. The Morgan fingerprint density at radius 3 is 2.37 bits per heavy atom. The molecule has 4 nitrogen and oxygen atoms in total. The first-order valence-electron chi connectivity index (χ1n) is 10.6. The number of halogens is 1. The Kier molecular flexibility index (Phi) is 4.63. The van der Waals surface area contributed by atoms with Crippen molar-refractivity contribution in [1.82, 2.24) is 0 Å². The highest BCUT2D eigenvalue weighted by molar-refractivity contribution is 6.33. The van der Waals surface area contributed by atoms with Crippen LogP contribution in [0.2, 0.25) is 0 Å². The Morgan fingerprint density at radius 1 is 1.13 bits per heavy atom. The molecule has 0 aromatic carbocycles. The van der Waals surface area contributed by atoms with Crippen molar-refractivity contribution in [2.45, 2.75) is 59.0 Å². The predicted molar refractivity (Wildman–Crippen MR) is 116 cm³/mol. The number of rotatable bonds is 2. The second-order valence-electron chi connectivity index (χ2n) is 9.86. The van der Waals surface area contributed by atoms with Crippen LogP contribution in [0.3, 0.4) is 0 Å². The van der Waals surface area contributed by atoms with Crippen molar-refractivity contribution in [3.8, 4) is 0 Å². The number of hydrogen-bond acceptors (Lipinski definition) is 4. The van der Waals surface area contributed by atoms with Gasteiger partial charge in [-0.3, -0.25) is 14.4 Å². The second-order valence-corrected chi connectivity index (χ2v) is 10.3. The zero-order chi connectivity index (χ0) is 22.2. The summed E-state index contributed by atoms with van der Waals surface area (Å²) in [5, 5.41) is 0.581. The van der Waals surface area contributed by atoms with Gasteiger partial charge in [0.25, 0.3) is 0 Å². The monoisotopic (exact) mass is 428 g/mol. The van der Waals surface area contributed by atoms with Gasteiger partial charge in [0.1, 0.15) is 0 Å². The van der Waals surface area contributed by atoms with E-state index in [-0.39, 0.29) is 29.3 Å². The maximum absolute atomic E-state index is 12.8. The van der Waals surface area contributed by atoms with Gasteiger partial charge in [0.2, 0.25) is 0 Å². The fourth-order valence-electron chi connectivity index (χ4n) is 7.16. The first-order valence-corrected chi connectivity index (χ1v) is 11.0. The number of esters is 1. The molecule has 160 valence electrons. The molecule has 0 spiro atoms. The van der Waals surface area contributed by atoms with E-state index in [0.29, 0.717) is 17.0 Å². The van der Waals surface area contributed by atoms with Gasteiger partial charge in [0.15, 0.2) is 17.2 Å². The van der Waals surface area contributed by atoms with Crippen molar-refractivity contribution in [2.75, 3.05) is 0 Å². The van der Waals surface area contributed by atoms with Crippen LogP contribution >= 0.6 is 11.6 Å². The minimum atomic E-state index is -1.09. The molecular formula is C25H29ClO4. The molecule has 5 heteroatoms. The van der Waals surface area contributed by atoms with Gasteiger partial charge in [-0.15, -0.1) is 0 Å². The molecule has 0 amide bonds. The standard InChI is InChI=1S/C25H29ClO4/c1-13-14(2)24(6)19-7-9-23(5)18(8-10-25(23,15(3)27)30-16(4)28)17(19)11-21(26)20(24)12-22(13)29/h11-12,17-19H,1-2,7-10H2,3-6H3/t17-,18-,19-,23-,24+,25-/m0/s1. The summed E-state index contributed by atoms with van der Waals surface area (Å²) >= 11 is 6.75. The van der Waals surface area contributed by atoms with E-state index in [2.05, 4.69) is 33.1 Å². The van der Waals surface area contributed by atoms with Gasteiger partial charge in [-0.1, -0.05) is 44.7 Å². The molecule has 0 N–H and O–H groups in total. The second kappa shape index (κ2) is 6.53. The van der Waals surface area contributed by atoms with Crippen LogP contribution in [0.4, 0.5) is 0 Å². The van der Waals surface area contributed by atoms with E-state index in [0.717, 1.165) is 30.4 Å². The molecule has 0 aromatic heterocycles. The van der Waals surface area contributed by atoms with Crippen molar-refractivity contribution in [3.63, 3.8) is 0 Å². The molecule has 0 radical (unpaired) electrons. The van der Waals surface area contributed by atoms with E-state index in [1.165, 1.54) is 13.8 Å². The molecule has 4 rings (SSSR count). The van der Waals surface area contributed by atoms with Crippen LogP contribution in [-0.4, -0.2) is 23.1 Å². The topological polar surface area (TPSA) is 60.4 Å². The number of ketones is 2. The molecule has 0 saturated heterocycles. The molecule has 2 fully saturated rings. The van der Waals surface area contributed by atoms with Gasteiger partial charge in [-0.05, 0) is 67.6 Å². The average molecular weight is 429 g/mol. The van der Waals surface area contributed by atoms with E-state index in [4.69, 9.17) is 16.3 Å². The van der Waals surface area contributed by atoms with E-state index in [1.54, 1.807) is 6.08 Å². The van der Waals surface area contributed by atoms with Gasteiger partial charge in [-0.2, -0.15) is 0 Å². The SMILES string of the molecule is C=C1C(=C)[C@@]2(C)C(=CC1=O)C(Cl)=C[C@@H]1[C@@H]2CC[C@@]2(C)[C@H]1CC[C@]2(OC(C)=O)C(C)=O. The van der Waals surface area contributed by atoms with Gasteiger partial charge < -0.3 is 4.74 Å². The smallest absolute Gasteiger partial charge is 0.303 e. The van der Waals surface area contributed by atoms with Crippen molar-refractivity contribution in [3.05, 3.63) is 47.1 Å². The number of carbonyl (C=O) groups is 3. The lowest BCUT2D eigenvalue weighted by Crippen LogP contribution is -2.58. The molecule has 0 aromatic rings. The molecule has 0 aliphatic heterocycles. The molecular weight excluding hydrogens is 400 g/mol. The summed E-state index contributed by atoms with van der Waals surface area (Å²) in [6.07, 6.45) is 6.58. The normalized spacial score (nSPS) is 42.6. The van der Waals surface area contributed by atoms with Gasteiger partial charge in [0, 0.05) is 28.4 Å². The van der Waals surface area contributed by atoms with E-state index in [9.17, 15) is 14.4 Å². The molecule has 6 atom stereocenters. The first kappa shape index (κ1) is 21.3. The molecule has 4 aliphatic carbocycles. The highest BCUT2D eigenvalue weighted by Crippen LogP contribution is 2.68. The number of ether oxygens (including phenoxy) is 1. The highest BCUT2D eigenvalue weighted by Gasteiger charge is 2.68.